The summed E-state index contributed by atoms with van der Waals surface area (Å²) in [7, 11) is 2.86. The second-order valence-electron chi connectivity index (χ2n) is 7.04. The zero-order valence-electron chi connectivity index (χ0n) is 17.0. The lowest BCUT2D eigenvalue weighted by atomic mass is 10.0. The van der Waals surface area contributed by atoms with Crippen LogP contribution < -0.4 is 0 Å². The van der Waals surface area contributed by atoms with Gasteiger partial charge in [0, 0.05) is 14.2 Å². The summed E-state index contributed by atoms with van der Waals surface area (Å²) in [6.07, 6.45) is 3.38. The number of esters is 2. The molecule has 2 aliphatic rings. The predicted octanol–water partition coefficient (Wildman–Crippen LogP) is 2.27. The topological polar surface area (TPSA) is 89.5 Å². The van der Waals surface area contributed by atoms with Gasteiger partial charge in [-0.2, -0.15) is 0 Å². The van der Waals surface area contributed by atoms with Crippen molar-refractivity contribution in [3.05, 3.63) is 24.3 Å². The van der Waals surface area contributed by atoms with E-state index in [1.54, 1.807) is 13.8 Å². The molecule has 0 bridgehead atoms. The van der Waals surface area contributed by atoms with Crippen molar-refractivity contribution in [1.29, 1.82) is 0 Å². The van der Waals surface area contributed by atoms with E-state index in [1.165, 1.54) is 14.2 Å². The van der Waals surface area contributed by atoms with Crippen LogP contribution in [-0.2, 0) is 38.0 Å². The lowest BCUT2D eigenvalue weighted by Gasteiger charge is -2.51. The molecule has 4 atom stereocenters. The van der Waals surface area contributed by atoms with Crippen LogP contribution in [0.3, 0.4) is 0 Å². The average molecular weight is 398 g/mol. The van der Waals surface area contributed by atoms with E-state index in [0.717, 1.165) is 5.57 Å². The number of allylic oxidation sites excluding steroid dienone is 2. The van der Waals surface area contributed by atoms with Gasteiger partial charge in [-0.05, 0) is 33.1 Å². The second kappa shape index (κ2) is 9.65. The largest absolute Gasteiger partial charge is 0.465 e. The Morgan fingerprint density at radius 2 is 1.75 bits per heavy atom. The van der Waals surface area contributed by atoms with Gasteiger partial charge < -0.3 is 28.4 Å². The first-order chi connectivity index (χ1) is 13.2. The van der Waals surface area contributed by atoms with Crippen molar-refractivity contribution in [2.75, 3.05) is 27.4 Å². The van der Waals surface area contributed by atoms with Crippen molar-refractivity contribution in [3.8, 4) is 0 Å². The van der Waals surface area contributed by atoms with E-state index in [0.29, 0.717) is 19.3 Å². The summed E-state index contributed by atoms with van der Waals surface area (Å²) >= 11 is 0. The van der Waals surface area contributed by atoms with Crippen LogP contribution >= 0.6 is 0 Å². The molecule has 0 N–H and O–H groups in total. The minimum atomic E-state index is -1.38. The Balaban J connectivity index is 2.23. The van der Waals surface area contributed by atoms with Gasteiger partial charge in [-0.25, -0.2) is 4.79 Å². The third kappa shape index (κ3) is 5.20. The number of fused-ring (bicyclic) bond motifs is 1. The maximum atomic E-state index is 12.7. The van der Waals surface area contributed by atoms with Crippen LogP contribution in [0, 0.1) is 0 Å². The molecule has 0 spiro atoms. The van der Waals surface area contributed by atoms with Gasteiger partial charge in [0.05, 0.1) is 19.6 Å². The SMILES string of the molecule is C=C1/C=C/CCOC(=O)C[C@@H]2O[C@@](C)(OC)[C@](C)(OC)O[C@H]2C(=O)OCCC1. The van der Waals surface area contributed by atoms with Gasteiger partial charge in [-0.3, -0.25) is 4.79 Å². The first kappa shape index (κ1) is 22.5. The monoisotopic (exact) mass is 398 g/mol. The molecule has 0 amide bonds. The summed E-state index contributed by atoms with van der Waals surface area (Å²) in [5.41, 5.74) is 0.912. The van der Waals surface area contributed by atoms with Crippen LogP contribution in [0.15, 0.2) is 24.3 Å². The maximum absolute atomic E-state index is 12.7. The molecule has 0 aliphatic carbocycles. The molecule has 0 aromatic heterocycles. The Bertz CT molecular complexity index is 615. The number of hydrogen-bond donors (Lipinski definition) is 0. The molecule has 1 saturated heterocycles. The summed E-state index contributed by atoms with van der Waals surface area (Å²) in [5.74, 6) is -3.86. The second-order valence-corrected chi connectivity index (χ2v) is 7.04. The number of cyclic esters (lactones) is 2. The molecule has 2 aliphatic heterocycles. The van der Waals surface area contributed by atoms with Gasteiger partial charge in [0.25, 0.3) is 0 Å². The fraction of sp³-hybridized carbons (Fsp3) is 0.700. The third-order valence-electron chi connectivity index (χ3n) is 5.06. The molecule has 0 aromatic rings. The van der Waals surface area contributed by atoms with Crippen molar-refractivity contribution in [2.45, 2.75) is 63.3 Å². The van der Waals surface area contributed by atoms with Gasteiger partial charge in [0.15, 0.2) is 6.10 Å². The smallest absolute Gasteiger partial charge is 0.338 e. The molecule has 2 rings (SSSR count). The number of rotatable bonds is 2. The standard InChI is InChI=1S/C20H30O8/c1-14-9-6-7-11-25-16(21)13-15-17(18(22)26-12-8-10-14)28-20(3,24-5)19(2,23-4)27-15/h6,9,15,17H,1,7-8,10-13H2,2-5H3/b9-6+/t15-,17+,19+,20+/m0/s1. The number of hydrogen-bond acceptors (Lipinski definition) is 8. The fourth-order valence-electron chi connectivity index (χ4n) is 3.05. The van der Waals surface area contributed by atoms with Crippen molar-refractivity contribution < 1.29 is 38.0 Å². The van der Waals surface area contributed by atoms with E-state index in [1.807, 2.05) is 12.2 Å². The van der Waals surface area contributed by atoms with E-state index < -0.39 is 35.7 Å². The fourth-order valence-corrected chi connectivity index (χ4v) is 3.05. The first-order valence-electron chi connectivity index (χ1n) is 9.37. The Labute approximate surface area is 165 Å². The third-order valence-corrected chi connectivity index (χ3v) is 5.06. The van der Waals surface area contributed by atoms with Crippen LogP contribution in [0.2, 0.25) is 0 Å². The lowest BCUT2D eigenvalue weighted by molar-refractivity contribution is -0.443. The number of carbonyl (C=O) groups is 2. The number of ether oxygens (including phenoxy) is 6. The van der Waals surface area contributed by atoms with E-state index >= 15 is 0 Å². The summed E-state index contributed by atoms with van der Waals surface area (Å²) in [6, 6.07) is 0. The molecule has 0 radical (unpaired) electrons. The minimum Gasteiger partial charge on any atom is -0.465 e. The van der Waals surface area contributed by atoms with Crippen LogP contribution in [-0.4, -0.2) is 63.2 Å². The zero-order valence-corrected chi connectivity index (χ0v) is 17.0. The van der Waals surface area contributed by atoms with E-state index in [-0.39, 0.29) is 19.6 Å². The summed E-state index contributed by atoms with van der Waals surface area (Å²) in [6.45, 7) is 7.60. The zero-order chi connectivity index (χ0) is 20.8. The van der Waals surface area contributed by atoms with E-state index in [9.17, 15) is 9.59 Å². The van der Waals surface area contributed by atoms with Gasteiger partial charge in [-0.15, -0.1) is 0 Å². The number of carbonyl (C=O) groups excluding carboxylic acids is 2. The molecule has 0 aromatic carbocycles. The quantitative estimate of drug-likeness (QED) is 0.655. The van der Waals surface area contributed by atoms with Gasteiger partial charge in [0.2, 0.25) is 11.6 Å². The molecule has 158 valence electrons. The molecule has 1 fully saturated rings. The number of methoxy groups -OCH3 is 2. The predicted molar refractivity (Wildman–Crippen MR) is 99.2 cm³/mol. The molecular formula is C20H30O8. The van der Waals surface area contributed by atoms with Gasteiger partial charge >= 0.3 is 11.9 Å². The van der Waals surface area contributed by atoms with Crippen LogP contribution in [0.1, 0.15) is 39.5 Å². The Morgan fingerprint density at radius 1 is 1.07 bits per heavy atom. The van der Waals surface area contributed by atoms with E-state index in [4.69, 9.17) is 28.4 Å². The highest BCUT2D eigenvalue weighted by Gasteiger charge is 2.59. The summed E-state index contributed by atoms with van der Waals surface area (Å²) < 4.78 is 33.4. The molecule has 2 heterocycles. The van der Waals surface area contributed by atoms with Crippen molar-refractivity contribution in [3.63, 3.8) is 0 Å². The highest BCUT2D eigenvalue weighted by atomic mass is 16.8. The molecular weight excluding hydrogens is 368 g/mol. The molecule has 8 heteroatoms. The highest BCUT2D eigenvalue weighted by Crippen LogP contribution is 2.40. The van der Waals surface area contributed by atoms with Crippen LogP contribution in [0.5, 0.6) is 0 Å². The van der Waals surface area contributed by atoms with Crippen LogP contribution in [0.25, 0.3) is 0 Å². The molecule has 0 unspecified atom stereocenters. The van der Waals surface area contributed by atoms with Crippen molar-refractivity contribution in [2.24, 2.45) is 0 Å². The van der Waals surface area contributed by atoms with Gasteiger partial charge in [-0.1, -0.05) is 24.3 Å². The lowest BCUT2D eigenvalue weighted by Crippen LogP contribution is -2.67. The van der Waals surface area contributed by atoms with Crippen molar-refractivity contribution in [1.82, 2.24) is 0 Å². The van der Waals surface area contributed by atoms with E-state index in [2.05, 4.69) is 6.58 Å². The molecule has 8 nitrogen and oxygen atoms in total. The Morgan fingerprint density at radius 3 is 2.43 bits per heavy atom. The molecule has 28 heavy (non-hydrogen) atoms. The summed E-state index contributed by atoms with van der Waals surface area (Å²) in [5, 5.41) is 0. The van der Waals surface area contributed by atoms with Crippen molar-refractivity contribution >= 4 is 11.9 Å². The Hall–Kier alpha value is -1.74. The Kier molecular flexibility index (Phi) is 7.77. The molecule has 0 saturated carbocycles. The van der Waals surface area contributed by atoms with Gasteiger partial charge in [0.1, 0.15) is 6.10 Å². The minimum absolute atomic E-state index is 0.186. The van der Waals surface area contributed by atoms with Crippen LogP contribution in [0.4, 0.5) is 0 Å². The normalized spacial score (nSPS) is 37.1. The summed E-state index contributed by atoms with van der Waals surface area (Å²) in [4.78, 5) is 24.9. The maximum Gasteiger partial charge on any atom is 0.338 e. The average Bonchev–Trinajstić information content (AvgIpc) is 2.67. The highest BCUT2D eigenvalue weighted by molar-refractivity contribution is 5.78. The first-order valence-corrected chi connectivity index (χ1v) is 9.37.